The van der Waals surface area contributed by atoms with Gasteiger partial charge in [0, 0.05) is 23.4 Å². The van der Waals surface area contributed by atoms with Crippen LogP contribution in [-0.2, 0) is 15.1 Å². The fourth-order valence-electron chi connectivity index (χ4n) is 3.69. The molecule has 0 saturated carbocycles. The Labute approximate surface area is 196 Å². The summed E-state index contributed by atoms with van der Waals surface area (Å²) in [6.45, 7) is 5.31. The molecule has 34 heavy (non-hydrogen) atoms. The number of amidine groups is 1. The van der Waals surface area contributed by atoms with E-state index in [2.05, 4.69) is 27.0 Å². The number of benzene rings is 1. The summed E-state index contributed by atoms with van der Waals surface area (Å²) in [5.41, 5.74) is 0.244. The lowest BCUT2D eigenvalue weighted by molar-refractivity contribution is -0.112. The van der Waals surface area contributed by atoms with E-state index in [1.54, 1.807) is 6.92 Å². The van der Waals surface area contributed by atoms with Crippen molar-refractivity contribution in [3.63, 3.8) is 0 Å². The molecule has 2 heterocycles. The number of aliphatic imine (C=N–C) groups is 3. The molecule has 3 rings (SSSR count). The number of carbonyl (C=O) groups excluding carboxylic acids is 1. The Kier molecular flexibility index (Phi) is 7.18. The Morgan fingerprint density at radius 2 is 2.15 bits per heavy atom. The van der Waals surface area contributed by atoms with Crippen LogP contribution in [0, 0.1) is 5.82 Å². The zero-order chi connectivity index (χ0) is 25.3. The summed E-state index contributed by atoms with van der Waals surface area (Å²) in [7, 11) is 0. The maximum atomic E-state index is 16.2. The highest BCUT2D eigenvalue weighted by molar-refractivity contribution is 8.13. The number of hydrogen-bond donors (Lipinski definition) is 2. The molecule has 0 unspecified atom stereocenters. The number of amides is 1. The van der Waals surface area contributed by atoms with Crippen LogP contribution in [0.2, 0.25) is 0 Å². The number of rotatable bonds is 5. The van der Waals surface area contributed by atoms with Gasteiger partial charge >= 0.3 is 6.18 Å². The van der Waals surface area contributed by atoms with Gasteiger partial charge in [0.2, 0.25) is 0 Å². The molecule has 0 bridgehead atoms. The van der Waals surface area contributed by atoms with Crippen LogP contribution in [0.1, 0.15) is 25.8 Å². The normalized spacial score (nSPS) is 28.1. The number of thioether (sulfide) groups is 1. The smallest absolute Gasteiger partial charge is 0.379 e. The Morgan fingerprint density at radius 3 is 2.79 bits per heavy atom. The lowest BCUT2D eigenvalue weighted by Crippen LogP contribution is -2.60. The second-order valence-electron chi connectivity index (χ2n) is 7.92. The quantitative estimate of drug-likeness (QED) is 0.359. The summed E-state index contributed by atoms with van der Waals surface area (Å²) < 4.78 is 74.6. The summed E-state index contributed by atoms with van der Waals surface area (Å²) in [6.07, 6.45) is -4.54. The van der Waals surface area contributed by atoms with Crippen LogP contribution in [0.3, 0.4) is 0 Å². The lowest BCUT2D eigenvalue weighted by atomic mass is 9.72. The predicted octanol–water partition coefficient (Wildman–Crippen LogP) is 4.10. The van der Waals surface area contributed by atoms with Crippen molar-refractivity contribution in [1.82, 2.24) is 0 Å². The molecule has 1 amide bonds. The Bertz CT molecular complexity index is 1090. The number of nitrogens with zero attached hydrogens (tertiary/aromatic N) is 3. The Balaban J connectivity index is 1.97. The molecule has 3 atom stereocenters. The van der Waals surface area contributed by atoms with Crippen molar-refractivity contribution >= 4 is 41.0 Å². The van der Waals surface area contributed by atoms with Gasteiger partial charge < -0.3 is 15.8 Å². The van der Waals surface area contributed by atoms with Crippen molar-refractivity contribution in [1.29, 1.82) is 0 Å². The average Bonchev–Trinajstić information content (AvgIpc) is 2.75. The van der Waals surface area contributed by atoms with Gasteiger partial charge in [-0.05, 0) is 38.8 Å². The number of halogens is 5. The van der Waals surface area contributed by atoms with E-state index < -0.39 is 46.6 Å². The number of hydrogen-bond acceptors (Lipinski definition) is 7. The zero-order valence-electron chi connectivity index (χ0n) is 18.2. The predicted molar refractivity (Wildman–Crippen MR) is 121 cm³/mol. The minimum atomic E-state index is -4.68. The van der Waals surface area contributed by atoms with Gasteiger partial charge in [0.1, 0.15) is 22.8 Å². The molecular weight excluding hydrogens is 481 g/mol. The van der Waals surface area contributed by atoms with Crippen molar-refractivity contribution in [3.8, 4) is 0 Å². The average molecular weight is 503 g/mol. The van der Waals surface area contributed by atoms with Crippen LogP contribution in [0.4, 0.5) is 27.6 Å². The van der Waals surface area contributed by atoms with Crippen molar-refractivity contribution in [3.05, 3.63) is 41.5 Å². The zero-order valence-corrected chi connectivity index (χ0v) is 19.1. The maximum absolute atomic E-state index is 16.2. The van der Waals surface area contributed by atoms with Crippen molar-refractivity contribution in [2.24, 2.45) is 20.7 Å². The largest absolute Gasteiger partial charge is 0.429 e. The number of anilines is 1. The van der Waals surface area contributed by atoms with Gasteiger partial charge in [-0.1, -0.05) is 11.8 Å². The molecule has 2 aliphatic rings. The summed E-state index contributed by atoms with van der Waals surface area (Å²) in [5.74, 6) is -1.80. The number of ether oxygens (including phenoxy) is 1. The maximum Gasteiger partial charge on any atom is 0.429 e. The first-order valence-corrected chi connectivity index (χ1v) is 11.0. The SMILES string of the molecule is C=N/C(=C\N=C(/C)C(F)(F)F)C(=O)Nc1ccc(F)c([C@]23CO[C@@H](C)C[C@@]2(F)CSC(N)=N3)c1. The third-order valence-corrected chi connectivity index (χ3v) is 6.53. The second-order valence-corrected chi connectivity index (χ2v) is 8.92. The van der Waals surface area contributed by atoms with E-state index in [9.17, 15) is 22.4 Å². The Hall–Kier alpha value is -2.80. The van der Waals surface area contributed by atoms with Crippen molar-refractivity contribution in [2.75, 3.05) is 17.7 Å². The molecule has 13 heteroatoms. The van der Waals surface area contributed by atoms with Gasteiger partial charge in [-0.15, -0.1) is 0 Å². The Morgan fingerprint density at radius 1 is 1.44 bits per heavy atom. The summed E-state index contributed by atoms with van der Waals surface area (Å²) >= 11 is 1.02. The van der Waals surface area contributed by atoms with Crippen LogP contribution in [-0.4, -0.2) is 53.8 Å². The summed E-state index contributed by atoms with van der Waals surface area (Å²) in [5, 5.41) is 2.45. The van der Waals surface area contributed by atoms with Crippen LogP contribution in [0.15, 0.2) is 45.1 Å². The van der Waals surface area contributed by atoms with E-state index in [4.69, 9.17) is 10.5 Å². The summed E-state index contributed by atoms with van der Waals surface area (Å²) in [6, 6.07) is 3.41. The molecule has 0 aromatic heterocycles. The number of alkyl halides is 4. The van der Waals surface area contributed by atoms with E-state index >= 15 is 4.39 Å². The number of carbonyl (C=O) groups is 1. The fourth-order valence-corrected chi connectivity index (χ4v) is 4.65. The van der Waals surface area contributed by atoms with Gasteiger partial charge in [0.25, 0.3) is 5.91 Å². The van der Waals surface area contributed by atoms with E-state index in [-0.39, 0.29) is 35.2 Å². The lowest BCUT2D eigenvalue weighted by Gasteiger charge is -2.49. The van der Waals surface area contributed by atoms with E-state index in [1.165, 1.54) is 12.1 Å². The first-order chi connectivity index (χ1) is 15.8. The van der Waals surface area contributed by atoms with Crippen LogP contribution >= 0.6 is 11.8 Å². The fraction of sp³-hybridized carbons (Fsp3) is 0.429. The molecule has 184 valence electrons. The van der Waals surface area contributed by atoms with Crippen molar-refractivity contribution < 1.29 is 31.5 Å². The molecular formula is C21H22F5N5O2S. The number of nitrogens with two attached hydrogens (primary N) is 1. The van der Waals surface area contributed by atoms with E-state index in [0.29, 0.717) is 6.20 Å². The van der Waals surface area contributed by atoms with E-state index in [0.717, 1.165) is 24.8 Å². The van der Waals surface area contributed by atoms with Gasteiger partial charge in [0.15, 0.2) is 10.8 Å². The first kappa shape index (κ1) is 25.8. The molecule has 1 fully saturated rings. The van der Waals surface area contributed by atoms with Crippen LogP contribution in [0.25, 0.3) is 0 Å². The topological polar surface area (TPSA) is 101 Å². The van der Waals surface area contributed by atoms with Crippen LogP contribution < -0.4 is 11.1 Å². The molecule has 1 saturated heterocycles. The third kappa shape index (κ3) is 4.99. The molecule has 1 aromatic rings. The standard InChI is InChI=1S/C21H22F5N5O2S/c1-11-7-19(23)10-34-18(27)31-20(19,9-33-11)14-6-13(4-5-15(14)22)30-17(32)16(28-3)8-29-12(2)21(24,25)26/h4-6,8,11H,3,7,9-10H2,1-2H3,(H2,27,31)(H,30,32)/b16-8-,29-12+/t11-,19+,20+/m0/s1. The molecule has 0 spiro atoms. The van der Waals surface area contributed by atoms with Gasteiger partial charge in [0.05, 0.1) is 18.9 Å². The van der Waals surface area contributed by atoms with Gasteiger partial charge in [-0.2, -0.15) is 13.2 Å². The highest BCUT2D eigenvalue weighted by Gasteiger charge is 2.60. The minimum absolute atomic E-state index is 0.0230. The van der Waals surface area contributed by atoms with Gasteiger partial charge in [-0.3, -0.25) is 14.8 Å². The van der Waals surface area contributed by atoms with E-state index in [1.807, 2.05) is 0 Å². The second kappa shape index (κ2) is 9.45. The number of nitrogens with one attached hydrogen (secondary N) is 1. The molecule has 3 N–H and O–H groups in total. The van der Waals surface area contributed by atoms with Crippen molar-refractivity contribution in [2.45, 2.75) is 43.8 Å². The minimum Gasteiger partial charge on any atom is -0.379 e. The molecule has 2 aliphatic heterocycles. The highest BCUT2D eigenvalue weighted by Crippen LogP contribution is 2.52. The molecule has 0 aliphatic carbocycles. The monoisotopic (exact) mass is 503 g/mol. The summed E-state index contributed by atoms with van der Waals surface area (Å²) in [4.78, 5) is 23.3. The number of fused-ring (bicyclic) bond motifs is 1. The molecule has 0 radical (unpaired) electrons. The highest BCUT2D eigenvalue weighted by atomic mass is 32.2. The van der Waals surface area contributed by atoms with Crippen LogP contribution in [0.5, 0.6) is 0 Å². The molecule has 1 aromatic carbocycles. The first-order valence-electron chi connectivity index (χ1n) is 10.00. The molecule has 7 nitrogen and oxygen atoms in total. The third-order valence-electron chi connectivity index (χ3n) is 5.54. The van der Waals surface area contributed by atoms with Gasteiger partial charge in [-0.25, -0.2) is 13.8 Å².